The van der Waals surface area contributed by atoms with Crippen molar-refractivity contribution in [3.05, 3.63) is 63.4 Å². The van der Waals surface area contributed by atoms with Gasteiger partial charge >= 0.3 is 0 Å². The lowest BCUT2D eigenvalue weighted by atomic mass is 10.2. The van der Waals surface area contributed by atoms with Crippen molar-refractivity contribution in [1.82, 2.24) is 10.1 Å². The summed E-state index contributed by atoms with van der Waals surface area (Å²) in [7, 11) is 0. The van der Waals surface area contributed by atoms with Crippen LogP contribution in [0, 0.1) is 0 Å². The molecule has 0 atom stereocenters. The molecule has 0 saturated carbocycles. The first kappa shape index (κ1) is 15.2. The maximum absolute atomic E-state index is 6.02. The van der Waals surface area contributed by atoms with Crippen LogP contribution in [0.15, 0.2) is 47.0 Å². The van der Waals surface area contributed by atoms with Gasteiger partial charge in [0.2, 0.25) is 5.82 Å². The van der Waals surface area contributed by atoms with E-state index < -0.39 is 0 Å². The number of nitrogens with zero attached hydrogens (tertiary/aromatic N) is 2. The van der Waals surface area contributed by atoms with Gasteiger partial charge in [-0.05, 0) is 42.5 Å². The van der Waals surface area contributed by atoms with Crippen molar-refractivity contribution in [3.63, 3.8) is 0 Å². The average molecular weight is 356 g/mol. The van der Waals surface area contributed by atoms with Gasteiger partial charge in [-0.1, -0.05) is 40.0 Å². The van der Waals surface area contributed by atoms with Gasteiger partial charge in [0.05, 0.1) is 5.02 Å². The molecule has 0 saturated heterocycles. The van der Waals surface area contributed by atoms with E-state index in [4.69, 9.17) is 44.1 Å². The quantitative estimate of drug-likeness (QED) is 0.639. The zero-order valence-corrected chi connectivity index (χ0v) is 13.4. The van der Waals surface area contributed by atoms with E-state index in [1.165, 1.54) is 0 Å². The Hall–Kier alpha value is -1.75. The molecule has 0 amide bonds. The monoisotopic (exact) mass is 354 g/mol. The molecule has 0 aliphatic rings. The highest BCUT2D eigenvalue weighted by Gasteiger charge is 2.10. The normalized spacial score (nSPS) is 10.7. The number of halogens is 3. The molecule has 112 valence electrons. The molecule has 1 aromatic heterocycles. The summed E-state index contributed by atoms with van der Waals surface area (Å²) >= 11 is 17.7. The third-order valence-electron chi connectivity index (χ3n) is 2.82. The maximum atomic E-state index is 6.02. The lowest BCUT2D eigenvalue weighted by molar-refractivity contribution is 0.243. The fraction of sp³-hybridized carbons (Fsp3) is 0.0667. The fourth-order valence-electron chi connectivity index (χ4n) is 1.76. The Morgan fingerprint density at radius 3 is 2.41 bits per heavy atom. The van der Waals surface area contributed by atoms with Crippen LogP contribution in [0.1, 0.15) is 5.89 Å². The highest BCUT2D eigenvalue weighted by molar-refractivity contribution is 6.35. The zero-order valence-electron chi connectivity index (χ0n) is 11.1. The molecule has 3 aromatic rings. The van der Waals surface area contributed by atoms with Crippen molar-refractivity contribution in [2.75, 3.05) is 0 Å². The maximum Gasteiger partial charge on any atom is 0.264 e. The Labute approximate surface area is 141 Å². The number of hydrogen-bond donors (Lipinski definition) is 0. The molecule has 3 rings (SSSR count). The highest BCUT2D eigenvalue weighted by atomic mass is 35.5. The molecule has 4 nitrogen and oxygen atoms in total. The molecule has 1 heterocycles. The summed E-state index contributed by atoms with van der Waals surface area (Å²) < 4.78 is 10.7. The number of benzene rings is 2. The first-order chi connectivity index (χ1) is 10.6. The molecular weight excluding hydrogens is 347 g/mol. The van der Waals surface area contributed by atoms with E-state index in [1.54, 1.807) is 30.3 Å². The van der Waals surface area contributed by atoms with Gasteiger partial charge in [0, 0.05) is 15.6 Å². The Morgan fingerprint density at radius 1 is 0.955 bits per heavy atom. The topological polar surface area (TPSA) is 48.2 Å². The van der Waals surface area contributed by atoms with Crippen LogP contribution in [0.4, 0.5) is 0 Å². The molecule has 0 N–H and O–H groups in total. The van der Waals surface area contributed by atoms with Crippen LogP contribution in [-0.4, -0.2) is 10.1 Å². The largest absolute Gasteiger partial charge is 0.482 e. The highest BCUT2D eigenvalue weighted by Crippen LogP contribution is 2.28. The van der Waals surface area contributed by atoms with Gasteiger partial charge in [0.1, 0.15) is 5.75 Å². The summed E-state index contributed by atoms with van der Waals surface area (Å²) in [5, 5.41) is 5.51. The van der Waals surface area contributed by atoms with E-state index in [0.29, 0.717) is 32.5 Å². The van der Waals surface area contributed by atoms with Crippen molar-refractivity contribution in [2.24, 2.45) is 0 Å². The van der Waals surface area contributed by atoms with Crippen molar-refractivity contribution in [2.45, 2.75) is 6.61 Å². The third-order valence-corrected chi connectivity index (χ3v) is 3.60. The number of rotatable bonds is 4. The van der Waals surface area contributed by atoms with Crippen molar-refractivity contribution in [3.8, 4) is 17.1 Å². The van der Waals surface area contributed by atoms with Crippen LogP contribution in [0.3, 0.4) is 0 Å². The minimum absolute atomic E-state index is 0.113. The van der Waals surface area contributed by atoms with E-state index in [9.17, 15) is 0 Å². The number of hydrogen-bond acceptors (Lipinski definition) is 4. The van der Waals surface area contributed by atoms with Crippen molar-refractivity contribution in [1.29, 1.82) is 0 Å². The predicted molar refractivity (Wildman–Crippen MR) is 85.5 cm³/mol. The number of aromatic nitrogens is 2. The second kappa shape index (κ2) is 6.57. The minimum Gasteiger partial charge on any atom is -0.482 e. The van der Waals surface area contributed by atoms with Crippen LogP contribution in [-0.2, 0) is 6.61 Å². The van der Waals surface area contributed by atoms with Crippen LogP contribution >= 0.6 is 34.8 Å². The first-order valence-electron chi connectivity index (χ1n) is 6.28. The molecule has 0 aliphatic heterocycles. The van der Waals surface area contributed by atoms with Crippen LogP contribution in [0.2, 0.25) is 15.1 Å². The van der Waals surface area contributed by atoms with E-state index >= 15 is 0 Å². The summed E-state index contributed by atoms with van der Waals surface area (Å²) in [4.78, 5) is 4.26. The van der Waals surface area contributed by atoms with E-state index in [2.05, 4.69) is 10.1 Å². The molecule has 22 heavy (non-hydrogen) atoms. The molecule has 0 radical (unpaired) electrons. The summed E-state index contributed by atoms with van der Waals surface area (Å²) in [5.41, 5.74) is 0.809. The second-order valence-electron chi connectivity index (χ2n) is 4.38. The molecule has 2 aromatic carbocycles. The molecule has 0 fully saturated rings. The van der Waals surface area contributed by atoms with Gasteiger partial charge in [-0.25, -0.2) is 0 Å². The van der Waals surface area contributed by atoms with E-state index in [-0.39, 0.29) is 6.61 Å². The SMILES string of the molecule is Clc1ccc(-c2noc(COc3ccc(Cl)cc3Cl)n2)cc1. The van der Waals surface area contributed by atoms with Gasteiger partial charge < -0.3 is 9.26 Å². The summed E-state index contributed by atoms with van der Waals surface area (Å²) in [6.45, 7) is 0.113. The molecular formula is C15H9Cl3N2O2. The first-order valence-corrected chi connectivity index (χ1v) is 7.41. The lowest BCUT2D eigenvalue weighted by Gasteiger charge is -2.05. The van der Waals surface area contributed by atoms with Gasteiger partial charge in [-0.15, -0.1) is 0 Å². The van der Waals surface area contributed by atoms with E-state index in [0.717, 1.165) is 5.56 Å². The summed E-state index contributed by atoms with van der Waals surface area (Å²) in [6, 6.07) is 12.1. The Bertz CT molecular complexity index is 788. The van der Waals surface area contributed by atoms with E-state index in [1.807, 2.05) is 12.1 Å². The van der Waals surface area contributed by atoms with Gasteiger partial charge in [0.15, 0.2) is 6.61 Å². The fourth-order valence-corrected chi connectivity index (χ4v) is 2.35. The molecule has 0 unspecified atom stereocenters. The van der Waals surface area contributed by atoms with Crippen LogP contribution in [0.25, 0.3) is 11.4 Å². The van der Waals surface area contributed by atoms with Gasteiger partial charge in [-0.2, -0.15) is 4.98 Å². The third kappa shape index (κ3) is 3.53. The predicted octanol–water partition coefficient (Wildman–Crippen LogP) is 5.28. The number of ether oxygens (including phenoxy) is 1. The smallest absolute Gasteiger partial charge is 0.264 e. The van der Waals surface area contributed by atoms with Crippen molar-refractivity contribution >= 4 is 34.8 Å². The summed E-state index contributed by atoms with van der Waals surface area (Å²) in [6.07, 6.45) is 0. The minimum atomic E-state index is 0.113. The van der Waals surface area contributed by atoms with Crippen LogP contribution < -0.4 is 4.74 Å². The Kier molecular flexibility index (Phi) is 4.52. The molecule has 7 heteroatoms. The van der Waals surface area contributed by atoms with Crippen LogP contribution in [0.5, 0.6) is 5.75 Å². The lowest BCUT2D eigenvalue weighted by Crippen LogP contribution is -1.96. The zero-order chi connectivity index (χ0) is 15.5. The standard InChI is InChI=1S/C15H9Cl3N2O2/c16-10-3-1-9(2-4-10)15-19-14(22-20-15)8-21-13-6-5-11(17)7-12(13)18/h1-7H,8H2. The Balaban J connectivity index is 1.70. The van der Waals surface area contributed by atoms with Crippen molar-refractivity contribution < 1.29 is 9.26 Å². The summed E-state index contributed by atoms with van der Waals surface area (Å²) in [5.74, 6) is 1.31. The average Bonchev–Trinajstić information content (AvgIpc) is 2.96. The van der Waals surface area contributed by atoms with Gasteiger partial charge in [0.25, 0.3) is 5.89 Å². The Morgan fingerprint density at radius 2 is 1.68 bits per heavy atom. The second-order valence-corrected chi connectivity index (χ2v) is 5.66. The molecule has 0 aliphatic carbocycles. The van der Waals surface area contributed by atoms with Gasteiger partial charge in [-0.3, -0.25) is 0 Å². The molecule has 0 spiro atoms. The molecule has 0 bridgehead atoms.